The standard InChI is InChI=1S/C23H22F2N2O4S/c1-4-31-22(29)12-5-7-14(8-6-12)27-21-15(20(26)28)11-18(32-21)19-16(24)9-13(10-17(19)25)23(2,3)30/h5-11,27,30H,4H2,1-3H3,(H2,26,28). The van der Waals surface area contributed by atoms with Crippen molar-refractivity contribution in [3.8, 4) is 10.4 Å². The number of primary amides is 1. The number of halogens is 2. The molecular weight excluding hydrogens is 438 g/mol. The van der Waals surface area contributed by atoms with Crippen LogP contribution in [0, 0.1) is 11.6 Å². The molecule has 0 atom stereocenters. The van der Waals surface area contributed by atoms with Gasteiger partial charge in [-0.15, -0.1) is 11.3 Å². The molecular formula is C23H22F2N2O4S. The zero-order valence-electron chi connectivity index (χ0n) is 17.7. The Morgan fingerprint density at radius 2 is 1.72 bits per heavy atom. The van der Waals surface area contributed by atoms with Gasteiger partial charge in [0.1, 0.15) is 16.6 Å². The molecule has 0 bridgehead atoms. The summed E-state index contributed by atoms with van der Waals surface area (Å²) >= 11 is 0.950. The number of thiophene rings is 1. The number of hydrogen-bond acceptors (Lipinski definition) is 6. The topological polar surface area (TPSA) is 102 Å². The average Bonchev–Trinajstić information content (AvgIpc) is 3.11. The molecule has 0 saturated carbocycles. The summed E-state index contributed by atoms with van der Waals surface area (Å²) in [5, 5.41) is 13.3. The molecule has 0 spiro atoms. The second kappa shape index (κ2) is 9.05. The number of nitrogens with two attached hydrogens (primary N) is 1. The van der Waals surface area contributed by atoms with Gasteiger partial charge in [0.2, 0.25) is 0 Å². The number of ether oxygens (including phenoxy) is 1. The molecule has 168 valence electrons. The van der Waals surface area contributed by atoms with Gasteiger partial charge in [0.05, 0.1) is 28.9 Å². The second-order valence-corrected chi connectivity index (χ2v) is 8.57. The van der Waals surface area contributed by atoms with Crippen molar-refractivity contribution in [3.63, 3.8) is 0 Å². The van der Waals surface area contributed by atoms with Gasteiger partial charge >= 0.3 is 5.97 Å². The molecule has 1 heterocycles. The third-order valence-electron chi connectivity index (χ3n) is 4.65. The molecule has 6 nitrogen and oxygen atoms in total. The lowest BCUT2D eigenvalue weighted by molar-refractivity contribution is 0.0526. The Morgan fingerprint density at radius 1 is 1.12 bits per heavy atom. The highest BCUT2D eigenvalue weighted by molar-refractivity contribution is 7.20. The highest BCUT2D eigenvalue weighted by atomic mass is 32.1. The molecule has 1 aromatic heterocycles. The minimum atomic E-state index is -1.42. The zero-order valence-corrected chi connectivity index (χ0v) is 18.5. The van der Waals surface area contributed by atoms with Crippen molar-refractivity contribution in [2.75, 3.05) is 11.9 Å². The molecule has 3 aromatic rings. The van der Waals surface area contributed by atoms with Gasteiger partial charge in [-0.05, 0) is 68.8 Å². The monoisotopic (exact) mass is 460 g/mol. The number of amides is 1. The first-order valence-electron chi connectivity index (χ1n) is 9.71. The van der Waals surface area contributed by atoms with Gasteiger partial charge in [0.25, 0.3) is 5.91 Å². The van der Waals surface area contributed by atoms with Crippen LogP contribution in [0.25, 0.3) is 10.4 Å². The van der Waals surface area contributed by atoms with Gasteiger partial charge in [-0.3, -0.25) is 4.79 Å². The molecule has 0 radical (unpaired) electrons. The summed E-state index contributed by atoms with van der Waals surface area (Å²) in [4.78, 5) is 23.9. The van der Waals surface area contributed by atoms with E-state index in [9.17, 15) is 23.5 Å². The maximum absolute atomic E-state index is 14.8. The van der Waals surface area contributed by atoms with E-state index in [1.54, 1.807) is 31.2 Å². The van der Waals surface area contributed by atoms with Crippen molar-refractivity contribution < 1.29 is 28.2 Å². The SMILES string of the molecule is CCOC(=O)c1ccc(Nc2sc(-c3c(F)cc(C(C)(C)O)cc3F)cc2C(N)=O)cc1. The van der Waals surface area contributed by atoms with E-state index in [-0.39, 0.29) is 28.2 Å². The summed E-state index contributed by atoms with van der Waals surface area (Å²) in [7, 11) is 0. The van der Waals surface area contributed by atoms with E-state index in [0.29, 0.717) is 16.3 Å². The first-order chi connectivity index (χ1) is 15.0. The number of rotatable bonds is 7. The maximum atomic E-state index is 14.8. The number of nitrogens with one attached hydrogen (secondary N) is 1. The second-order valence-electron chi connectivity index (χ2n) is 7.51. The number of benzene rings is 2. The highest BCUT2D eigenvalue weighted by Crippen LogP contribution is 2.40. The van der Waals surface area contributed by atoms with Crippen molar-refractivity contribution in [1.29, 1.82) is 0 Å². The number of carbonyl (C=O) groups is 2. The summed E-state index contributed by atoms with van der Waals surface area (Å²) in [6.07, 6.45) is 0. The smallest absolute Gasteiger partial charge is 0.338 e. The lowest BCUT2D eigenvalue weighted by atomic mass is 9.96. The largest absolute Gasteiger partial charge is 0.462 e. The van der Waals surface area contributed by atoms with Gasteiger partial charge in [-0.25, -0.2) is 13.6 Å². The van der Waals surface area contributed by atoms with Crippen LogP contribution in [-0.4, -0.2) is 23.6 Å². The third kappa shape index (κ3) is 4.95. The molecule has 2 aromatic carbocycles. The van der Waals surface area contributed by atoms with E-state index in [4.69, 9.17) is 10.5 Å². The van der Waals surface area contributed by atoms with Gasteiger partial charge in [-0.1, -0.05) is 0 Å². The fourth-order valence-electron chi connectivity index (χ4n) is 2.99. The molecule has 0 aliphatic carbocycles. The fraction of sp³-hybridized carbons (Fsp3) is 0.217. The van der Waals surface area contributed by atoms with Crippen LogP contribution < -0.4 is 11.1 Å². The van der Waals surface area contributed by atoms with Crippen LogP contribution in [0.5, 0.6) is 0 Å². The molecule has 3 rings (SSSR count). The first-order valence-corrected chi connectivity index (χ1v) is 10.5. The van der Waals surface area contributed by atoms with Gasteiger partial charge < -0.3 is 20.9 Å². The lowest BCUT2D eigenvalue weighted by Gasteiger charge is -2.18. The fourth-order valence-corrected chi connectivity index (χ4v) is 4.12. The predicted molar refractivity (Wildman–Crippen MR) is 119 cm³/mol. The van der Waals surface area contributed by atoms with E-state index in [1.165, 1.54) is 19.9 Å². The quantitative estimate of drug-likeness (QED) is 0.434. The Balaban J connectivity index is 1.97. The van der Waals surface area contributed by atoms with E-state index in [2.05, 4.69) is 5.32 Å². The van der Waals surface area contributed by atoms with E-state index < -0.39 is 29.1 Å². The van der Waals surface area contributed by atoms with Crippen molar-refractivity contribution in [2.24, 2.45) is 5.73 Å². The first kappa shape index (κ1) is 23.4. The normalized spacial score (nSPS) is 11.3. The highest BCUT2D eigenvalue weighted by Gasteiger charge is 2.24. The van der Waals surface area contributed by atoms with Crippen LogP contribution in [0.1, 0.15) is 47.1 Å². The maximum Gasteiger partial charge on any atom is 0.338 e. The van der Waals surface area contributed by atoms with Gasteiger partial charge in [-0.2, -0.15) is 0 Å². The number of aliphatic hydroxyl groups is 1. The van der Waals surface area contributed by atoms with Gasteiger partial charge in [0, 0.05) is 10.6 Å². The van der Waals surface area contributed by atoms with Crippen LogP contribution in [0.3, 0.4) is 0 Å². The molecule has 0 unspecified atom stereocenters. The Bertz CT molecular complexity index is 1140. The van der Waals surface area contributed by atoms with Crippen LogP contribution >= 0.6 is 11.3 Å². The van der Waals surface area contributed by atoms with Crippen molar-refractivity contribution in [3.05, 3.63) is 70.8 Å². The molecule has 0 aliphatic heterocycles. The zero-order chi connectivity index (χ0) is 23.6. The number of esters is 1. The summed E-state index contributed by atoms with van der Waals surface area (Å²) in [5.74, 6) is -2.97. The van der Waals surface area contributed by atoms with Crippen LogP contribution in [-0.2, 0) is 10.3 Å². The molecule has 0 aliphatic rings. The summed E-state index contributed by atoms with van der Waals surface area (Å²) in [6, 6.07) is 9.74. The third-order valence-corrected chi connectivity index (χ3v) is 5.71. The number of anilines is 2. The van der Waals surface area contributed by atoms with E-state index >= 15 is 0 Å². The average molecular weight is 461 g/mol. The summed E-state index contributed by atoms with van der Waals surface area (Å²) in [5.41, 5.74) is 4.75. The van der Waals surface area contributed by atoms with Gasteiger partial charge in [0.15, 0.2) is 0 Å². The van der Waals surface area contributed by atoms with E-state index in [1.807, 2.05) is 0 Å². The van der Waals surface area contributed by atoms with Crippen molar-refractivity contribution >= 4 is 33.9 Å². The molecule has 4 N–H and O–H groups in total. The molecule has 0 fully saturated rings. The van der Waals surface area contributed by atoms with Crippen molar-refractivity contribution in [1.82, 2.24) is 0 Å². The Labute approximate surface area is 187 Å². The predicted octanol–water partition coefficient (Wildman–Crippen LogP) is 4.94. The Kier molecular flexibility index (Phi) is 6.61. The Morgan fingerprint density at radius 3 is 2.22 bits per heavy atom. The minimum absolute atomic E-state index is 0.0600. The van der Waals surface area contributed by atoms with Crippen LogP contribution in [0.2, 0.25) is 0 Å². The number of hydrogen-bond donors (Lipinski definition) is 3. The van der Waals surface area contributed by atoms with Crippen LogP contribution in [0.15, 0.2) is 42.5 Å². The molecule has 32 heavy (non-hydrogen) atoms. The minimum Gasteiger partial charge on any atom is -0.462 e. The van der Waals surface area contributed by atoms with E-state index in [0.717, 1.165) is 23.5 Å². The van der Waals surface area contributed by atoms with Crippen LogP contribution in [0.4, 0.5) is 19.5 Å². The number of carbonyl (C=O) groups excluding carboxylic acids is 2. The lowest BCUT2D eigenvalue weighted by Crippen LogP contribution is -2.16. The summed E-state index contributed by atoms with van der Waals surface area (Å²) < 4.78 is 34.4. The summed E-state index contributed by atoms with van der Waals surface area (Å²) in [6.45, 7) is 4.80. The van der Waals surface area contributed by atoms with Crippen molar-refractivity contribution in [2.45, 2.75) is 26.4 Å². The molecule has 1 amide bonds. The molecule has 9 heteroatoms. The molecule has 0 saturated heterocycles. The Hall–Kier alpha value is -3.30.